The molecule has 1 saturated heterocycles. The SMILES string of the molecule is C=CC1c2cc(F)ccc2OC12CCN(c1nc3[nH]nc(C(=C)c4ccccc4)c3c3nncn13)CC2. The first-order chi connectivity index (χ1) is 18.1. The first-order valence-electron chi connectivity index (χ1n) is 12.3. The maximum absolute atomic E-state index is 14.0. The number of aromatic nitrogens is 6. The summed E-state index contributed by atoms with van der Waals surface area (Å²) < 4.78 is 22.3. The number of benzene rings is 2. The summed E-state index contributed by atoms with van der Waals surface area (Å²) in [5.41, 5.74) is 4.20. The molecule has 1 N–H and O–H groups in total. The molecule has 3 aromatic heterocycles. The number of rotatable bonds is 4. The fourth-order valence-electron chi connectivity index (χ4n) is 5.81. The van der Waals surface area contributed by atoms with E-state index in [4.69, 9.17) is 9.72 Å². The highest BCUT2D eigenvalue weighted by molar-refractivity contribution is 6.00. The van der Waals surface area contributed by atoms with Crippen LogP contribution in [-0.4, -0.2) is 48.5 Å². The number of anilines is 1. The van der Waals surface area contributed by atoms with Gasteiger partial charge in [-0.25, -0.2) is 4.39 Å². The minimum absolute atomic E-state index is 0.0649. The van der Waals surface area contributed by atoms with Crippen LogP contribution in [0, 0.1) is 5.82 Å². The number of fused-ring (bicyclic) bond motifs is 4. The topological polar surface area (TPSA) is 84.2 Å². The van der Waals surface area contributed by atoms with E-state index >= 15 is 0 Å². The van der Waals surface area contributed by atoms with Gasteiger partial charge >= 0.3 is 0 Å². The molecule has 9 heteroatoms. The number of hydrogen-bond acceptors (Lipinski definition) is 6. The molecule has 2 aliphatic rings. The Kier molecular flexibility index (Phi) is 4.69. The van der Waals surface area contributed by atoms with Crippen LogP contribution >= 0.6 is 0 Å². The predicted octanol–water partition coefficient (Wildman–Crippen LogP) is 4.90. The second-order valence-corrected chi connectivity index (χ2v) is 9.63. The van der Waals surface area contributed by atoms with Gasteiger partial charge in [0.05, 0.1) is 5.39 Å². The van der Waals surface area contributed by atoms with Gasteiger partial charge in [-0.2, -0.15) is 10.1 Å². The van der Waals surface area contributed by atoms with Crippen LogP contribution in [0.5, 0.6) is 5.75 Å². The summed E-state index contributed by atoms with van der Waals surface area (Å²) in [4.78, 5) is 7.15. The third-order valence-corrected chi connectivity index (χ3v) is 7.67. The molecule has 1 fully saturated rings. The molecule has 0 saturated carbocycles. The number of nitrogens with zero attached hydrogens (tertiary/aromatic N) is 6. The molecule has 0 bridgehead atoms. The van der Waals surface area contributed by atoms with Crippen molar-refractivity contribution in [2.24, 2.45) is 0 Å². The van der Waals surface area contributed by atoms with E-state index in [0.717, 1.165) is 46.6 Å². The lowest BCUT2D eigenvalue weighted by molar-refractivity contribution is 0.0538. The molecule has 37 heavy (non-hydrogen) atoms. The summed E-state index contributed by atoms with van der Waals surface area (Å²) >= 11 is 0. The van der Waals surface area contributed by atoms with Crippen molar-refractivity contribution in [2.75, 3.05) is 18.0 Å². The Morgan fingerprint density at radius 1 is 1.16 bits per heavy atom. The Balaban J connectivity index is 1.23. The number of ether oxygens (including phenoxy) is 1. The molecule has 2 aliphatic heterocycles. The van der Waals surface area contributed by atoms with Crippen molar-refractivity contribution in [3.05, 3.63) is 96.7 Å². The van der Waals surface area contributed by atoms with Crippen LogP contribution < -0.4 is 9.64 Å². The van der Waals surface area contributed by atoms with Crippen molar-refractivity contribution in [1.82, 2.24) is 29.8 Å². The summed E-state index contributed by atoms with van der Waals surface area (Å²) in [6, 6.07) is 14.7. The molecule has 5 aromatic rings. The van der Waals surface area contributed by atoms with Crippen molar-refractivity contribution >= 4 is 28.2 Å². The molecule has 0 aliphatic carbocycles. The van der Waals surface area contributed by atoms with Gasteiger partial charge in [0.15, 0.2) is 11.3 Å². The van der Waals surface area contributed by atoms with Crippen molar-refractivity contribution in [3.8, 4) is 5.75 Å². The first-order valence-corrected chi connectivity index (χ1v) is 12.3. The van der Waals surface area contributed by atoms with Crippen molar-refractivity contribution < 1.29 is 9.13 Å². The van der Waals surface area contributed by atoms with E-state index in [1.165, 1.54) is 6.07 Å². The standard InChI is InChI=1S/C28H24FN7O/c1-3-21-20-15-19(29)9-10-22(20)37-28(21)11-13-35(14-12-28)27-31-25-23(26-34-30-16-36(26)27)24(32-33-25)17(2)18-7-5-4-6-8-18/h3-10,15-16,21H,1-2,11-14H2,(H,32,33). The van der Waals surface area contributed by atoms with Crippen LogP contribution in [0.2, 0.25) is 0 Å². The van der Waals surface area contributed by atoms with E-state index in [2.05, 4.69) is 38.5 Å². The summed E-state index contributed by atoms with van der Waals surface area (Å²) in [6.45, 7) is 9.71. The van der Waals surface area contributed by atoms with Gasteiger partial charge in [0.1, 0.15) is 29.2 Å². The predicted molar refractivity (Wildman–Crippen MR) is 139 cm³/mol. The van der Waals surface area contributed by atoms with Gasteiger partial charge in [-0.15, -0.1) is 16.8 Å². The van der Waals surface area contributed by atoms with E-state index < -0.39 is 5.60 Å². The third kappa shape index (κ3) is 3.20. The second kappa shape index (κ2) is 7.99. The van der Waals surface area contributed by atoms with E-state index in [1.54, 1.807) is 18.5 Å². The fraction of sp³-hybridized carbons (Fsp3) is 0.214. The lowest BCUT2D eigenvalue weighted by Gasteiger charge is -2.41. The molecule has 2 aromatic carbocycles. The number of nitrogens with one attached hydrogen (secondary N) is 1. The van der Waals surface area contributed by atoms with Gasteiger partial charge in [-0.3, -0.25) is 9.50 Å². The van der Waals surface area contributed by atoms with Gasteiger partial charge in [0, 0.05) is 43.0 Å². The molecule has 8 nitrogen and oxygen atoms in total. The van der Waals surface area contributed by atoms with E-state index in [1.807, 2.05) is 40.8 Å². The second-order valence-electron chi connectivity index (χ2n) is 9.63. The minimum Gasteiger partial charge on any atom is -0.486 e. The Hall–Kier alpha value is -4.53. The number of piperidine rings is 1. The van der Waals surface area contributed by atoms with Gasteiger partial charge < -0.3 is 9.64 Å². The van der Waals surface area contributed by atoms with Crippen molar-refractivity contribution in [2.45, 2.75) is 24.4 Å². The monoisotopic (exact) mass is 493 g/mol. The molecule has 5 heterocycles. The maximum atomic E-state index is 14.0. The summed E-state index contributed by atoms with van der Waals surface area (Å²) in [6.07, 6.45) is 5.04. The van der Waals surface area contributed by atoms with Crippen LogP contribution in [-0.2, 0) is 0 Å². The van der Waals surface area contributed by atoms with Gasteiger partial charge in [-0.05, 0) is 23.8 Å². The number of aromatic amines is 1. The summed E-state index contributed by atoms with van der Waals surface area (Å²) in [5.74, 6) is 1.15. The molecular formula is C28H24FN7O. The molecule has 1 spiro atoms. The van der Waals surface area contributed by atoms with Crippen LogP contribution in [0.4, 0.5) is 10.3 Å². The summed E-state index contributed by atoms with van der Waals surface area (Å²) in [5, 5.41) is 17.0. The van der Waals surface area contributed by atoms with E-state index in [-0.39, 0.29) is 11.7 Å². The Morgan fingerprint density at radius 3 is 2.76 bits per heavy atom. The van der Waals surface area contributed by atoms with Crippen LogP contribution in [0.15, 0.2) is 74.1 Å². The minimum atomic E-state index is -0.445. The molecule has 184 valence electrons. The van der Waals surface area contributed by atoms with Gasteiger partial charge in [-0.1, -0.05) is 43.0 Å². The lowest BCUT2D eigenvalue weighted by Crippen LogP contribution is -2.49. The zero-order valence-electron chi connectivity index (χ0n) is 20.1. The zero-order chi connectivity index (χ0) is 25.1. The first kappa shape index (κ1) is 21.7. The molecule has 1 unspecified atom stereocenters. The molecule has 0 radical (unpaired) electrons. The molecule has 7 rings (SSSR count). The fourth-order valence-corrected chi connectivity index (χ4v) is 5.81. The Morgan fingerprint density at radius 2 is 1.97 bits per heavy atom. The van der Waals surface area contributed by atoms with Gasteiger partial charge in [0.25, 0.3) is 0 Å². The highest BCUT2D eigenvalue weighted by atomic mass is 19.1. The zero-order valence-corrected chi connectivity index (χ0v) is 20.1. The van der Waals surface area contributed by atoms with Crippen LogP contribution in [0.1, 0.15) is 35.6 Å². The molecule has 1 atom stereocenters. The van der Waals surface area contributed by atoms with E-state index in [0.29, 0.717) is 30.1 Å². The normalized spacial score (nSPS) is 18.3. The average molecular weight is 494 g/mol. The smallest absolute Gasteiger partial charge is 0.214 e. The van der Waals surface area contributed by atoms with Crippen molar-refractivity contribution in [3.63, 3.8) is 0 Å². The number of H-pyrrole nitrogens is 1. The van der Waals surface area contributed by atoms with Gasteiger partial charge in [0.2, 0.25) is 5.95 Å². The Labute approximate surface area is 212 Å². The molecular weight excluding hydrogens is 469 g/mol. The summed E-state index contributed by atoms with van der Waals surface area (Å²) in [7, 11) is 0. The maximum Gasteiger partial charge on any atom is 0.214 e. The largest absolute Gasteiger partial charge is 0.486 e. The average Bonchev–Trinajstić information content (AvgIpc) is 3.64. The number of hydrogen-bond donors (Lipinski definition) is 1. The highest BCUT2D eigenvalue weighted by Crippen LogP contribution is 2.50. The van der Waals surface area contributed by atoms with Crippen LogP contribution in [0.3, 0.4) is 0 Å². The van der Waals surface area contributed by atoms with Crippen molar-refractivity contribution in [1.29, 1.82) is 0 Å². The number of halogens is 1. The highest BCUT2D eigenvalue weighted by Gasteiger charge is 2.49. The van der Waals surface area contributed by atoms with Crippen LogP contribution in [0.25, 0.3) is 22.3 Å². The third-order valence-electron chi connectivity index (χ3n) is 7.67. The Bertz CT molecular complexity index is 1680. The molecule has 0 amide bonds. The quantitative estimate of drug-likeness (QED) is 0.359. The lowest BCUT2D eigenvalue weighted by atomic mass is 9.77. The van der Waals surface area contributed by atoms with E-state index in [9.17, 15) is 4.39 Å².